The number of rotatable bonds is 6. The largest absolute Gasteiger partial charge is 0.484 e. The number of anilines is 1. The Kier molecular flexibility index (Phi) is 5.17. The van der Waals surface area contributed by atoms with Crippen LogP contribution < -0.4 is 10.1 Å². The lowest BCUT2D eigenvalue weighted by molar-refractivity contribution is -0.384. The summed E-state index contributed by atoms with van der Waals surface area (Å²) in [6, 6.07) is 20.9. The fourth-order valence-corrected chi connectivity index (χ4v) is 3.78. The van der Waals surface area contributed by atoms with E-state index in [1.807, 2.05) is 30.3 Å². The van der Waals surface area contributed by atoms with Gasteiger partial charge in [0.25, 0.3) is 11.6 Å². The van der Waals surface area contributed by atoms with E-state index in [1.165, 1.54) is 23.5 Å². The van der Waals surface area contributed by atoms with Crippen molar-refractivity contribution >= 4 is 38.8 Å². The highest BCUT2D eigenvalue weighted by molar-refractivity contribution is 7.21. The first-order valence-electron chi connectivity index (χ1n) is 8.72. The highest BCUT2D eigenvalue weighted by atomic mass is 32.1. The van der Waals surface area contributed by atoms with Gasteiger partial charge in [0.2, 0.25) is 0 Å². The van der Waals surface area contributed by atoms with Gasteiger partial charge in [-0.1, -0.05) is 30.3 Å². The van der Waals surface area contributed by atoms with Crippen LogP contribution in [0.1, 0.15) is 0 Å². The zero-order valence-corrected chi connectivity index (χ0v) is 15.9. The number of nitro groups is 1. The van der Waals surface area contributed by atoms with E-state index in [4.69, 9.17) is 4.74 Å². The van der Waals surface area contributed by atoms with Crippen molar-refractivity contribution in [3.8, 4) is 16.3 Å². The maximum absolute atomic E-state index is 12.4. The lowest BCUT2D eigenvalue weighted by atomic mass is 10.1. The van der Waals surface area contributed by atoms with Crippen LogP contribution in [-0.4, -0.2) is 22.4 Å². The van der Waals surface area contributed by atoms with E-state index in [9.17, 15) is 14.9 Å². The second-order valence-electron chi connectivity index (χ2n) is 6.12. The van der Waals surface area contributed by atoms with Gasteiger partial charge in [-0.3, -0.25) is 14.9 Å². The molecule has 29 heavy (non-hydrogen) atoms. The summed E-state index contributed by atoms with van der Waals surface area (Å²) in [5.74, 6) is 0.143. The molecule has 0 unspecified atom stereocenters. The summed E-state index contributed by atoms with van der Waals surface area (Å²) < 4.78 is 6.44. The number of nitrogens with one attached hydrogen (secondary N) is 1. The van der Waals surface area contributed by atoms with Crippen molar-refractivity contribution in [2.75, 3.05) is 11.9 Å². The molecule has 7 nitrogen and oxygen atoms in total. The smallest absolute Gasteiger partial charge is 0.271 e. The van der Waals surface area contributed by atoms with Crippen molar-refractivity contribution in [1.29, 1.82) is 0 Å². The first kappa shape index (κ1) is 18.6. The molecule has 0 radical (unpaired) electrons. The normalized spacial score (nSPS) is 10.6. The molecule has 0 atom stereocenters. The van der Waals surface area contributed by atoms with Crippen molar-refractivity contribution in [1.82, 2.24) is 4.98 Å². The number of non-ortho nitro benzene ring substituents is 1. The van der Waals surface area contributed by atoms with E-state index < -0.39 is 10.8 Å². The second-order valence-corrected chi connectivity index (χ2v) is 7.15. The van der Waals surface area contributed by atoms with E-state index in [0.29, 0.717) is 22.0 Å². The van der Waals surface area contributed by atoms with Gasteiger partial charge in [-0.25, -0.2) is 4.98 Å². The molecule has 3 aromatic carbocycles. The summed E-state index contributed by atoms with van der Waals surface area (Å²) >= 11 is 1.45. The standard InChI is InChI=1S/C21H15N3O4S/c25-20(13-28-15-6-2-1-3-7-15)22-18-12-14(24(26)27)10-11-16(18)21-23-17-8-4-5-9-19(17)29-21/h1-12H,13H2,(H,22,25). The SMILES string of the molecule is O=C(COc1ccccc1)Nc1cc([N+](=O)[O-])ccc1-c1nc2ccccc2s1. The average molecular weight is 405 g/mol. The Labute approximate surface area is 169 Å². The number of nitrogens with zero attached hydrogens (tertiary/aromatic N) is 2. The molecule has 0 saturated heterocycles. The minimum atomic E-state index is -0.502. The number of ether oxygens (including phenoxy) is 1. The molecular weight excluding hydrogens is 390 g/mol. The van der Waals surface area contributed by atoms with Crippen LogP contribution in [0.15, 0.2) is 72.8 Å². The van der Waals surface area contributed by atoms with Gasteiger partial charge in [-0.2, -0.15) is 0 Å². The van der Waals surface area contributed by atoms with Crippen LogP contribution in [0.2, 0.25) is 0 Å². The number of fused-ring (bicyclic) bond motifs is 1. The summed E-state index contributed by atoms with van der Waals surface area (Å²) in [5.41, 5.74) is 1.65. The fourth-order valence-electron chi connectivity index (χ4n) is 2.78. The van der Waals surface area contributed by atoms with Crippen LogP contribution in [0.4, 0.5) is 11.4 Å². The lowest BCUT2D eigenvalue weighted by Crippen LogP contribution is -2.20. The molecule has 0 aliphatic rings. The molecule has 0 bridgehead atoms. The molecule has 0 fully saturated rings. The Morgan fingerprint density at radius 2 is 1.83 bits per heavy atom. The molecule has 4 aromatic rings. The van der Waals surface area contributed by atoms with E-state index in [-0.39, 0.29) is 12.3 Å². The van der Waals surface area contributed by atoms with Gasteiger partial charge in [0.05, 0.1) is 20.8 Å². The number of hydrogen-bond donors (Lipinski definition) is 1. The van der Waals surface area contributed by atoms with E-state index in [2.05, 4.69) is 10.3 Å². The zero-order valence-electron chi connectivity index (χ0n) is 15.1. The van der Waals surface area contributed by atoms with Crippen molar-refractivity contribution in [2.24, 2.45) is 0 Å². The van der Waals surface area contributed by atoms with Crippen LogP contribution in [0.25, 0.3) is 20.8 Å². The summed E-state index contributed by atoms with van der Waals surface area (Å²) in [4.78, 5) is 27.7. The number of amides is 1. The van der Waals surface area contributed by atoms with Gasteiger partial charge in [-0.15, -0.1) is 11.3 Å². The molecule has 1 N–H and O–H groups in total. The zero-order chi connectivity index (χ0) is 20.2. The number of aromatic nitrogens is 1. The second kappa shape index (κ2) is 8.07. The van der Waals surface area contributed by atoms with Gasteiger partial charge >= 0.3 is 0 Å². The van der Waals surface area contributed by atoms with E-state index in [0.717, 1.165) is 10.2 Å². The van der Waals surface area contributed by atoms with Crippen LogP contribution in [0, 0.1) is 10.1 Å². The van der Waals surface area contributed by atoms with Crippen LogP contribution in [0.5, 0.6) is 5.75 Å². The molecule has 1 amide bonds. The number of thiazole rings is 1. The van der Waals surface area contributed by atoms with E-state index in [1.54, 1.807) is 30.3 Å². The average Bonchev–Trinajstić information content (AvgIpc) is 3.17. The minimum Gasteiger partial charge on any atom is -0.484 e. The van der Waals surface area contributed by atoms with Gasteiger partial charge < -0.3 is 10.1 Å². The number of carbonyl (C=O) groups is 1. The Morgan fingerprint density at radius 1 is 1.07 bits per heavy atom. The monoisotopic (exact) mass is 405 g/mol. The van der Waals surface area contributed by atoms with Crippen LogP contribution in [0.3, 0.4) is 0 Å². The summed E-state index contributed by atoms with van der Waals surface area (Å²) in [5, 5.41) is 14.6. The van der Waals surface area contributed by atoms with Crippen LogP contribution in [-0.2, 0) is 4.79 Å². The molecule has 144 valence electrons. The third-order valence-electron chi connectivity index (χ3n) is 4.13. The molecule has 0 aliphatic heterocycles. The molecule has 0 saturated carbocycles. The van der Waals surface area contributed by atoms with Crippen LogP contribution >= 0.6 is 11.3 Å². The number of benzene rings is 3. The third kappa shape index (κ3) is 4.22. The van der Waals surface area contributed by atoms with Crippen molar-refractivity contribution < 1.29 is 14.5 Å². The van der Waals surface area contributed by atoms with Gasteiger partial charge in [0.1, 0.15) is 10.8 Å². The molecule has 1 aromatic heterocycles. The van der Waals surface area contributed by atoms with Gasteiger partial charge in [0, 0.05) is 17.7 Å². The van der Waals surface area contributed by atoms with E-state index >= 15 is 0 Å². The maximum atomic E-state index is 12.4. The number of para-hydroxylation sites is 2. The van der Waals surface area contributed by atoms with Gasteiger partial charge in [0.15, 0.2) is 6.61 Å². The molecule has 0 spiro atoms. The first-order chi connectivity index (χ1) is 14.1. The number of hydrogen-bond acceptors (Lipinski definition) is 6. The predicted molar refractivity (Wildman–Crippen MR) is 112 cm³/mol. The Balaban J connectivity index is 1.62. The van der Waals surface area contributed by atoms with Crippen molar-refractivity contribution in [2.45, 2.75) is 0 Å². The predicted octanol–water partition coefficient (Wildman–Crippen LogP) is 4.89. The molecule has 8 heteroatoms. The Morgan fingerprint density at radius 3 is 2.59 bits per heavy atom. The Bertz CT molecular complexity index is 1160. The van der Waals surface area contributed by atoms with Crippen molar-refractivity contribution in [3.63, 3.8) is 0 Å². The topological polar surface area (TPSA) is 94.4 Å². The molecule has 0 aliphatic carbocycles. The maximum Gasteiger partial charge on any atom is 0.271 e. The third-order valence-corrected chi connectivity index (χ3v) is 5.20. The molecular formula is C21H15N3O4S. The number of nitro benzene ring substituents is 1. The highest BCUT2D eigenvalue weighted by Gasteiger charge is 2.17. The molecule has 1 heterocycles. The minimum absolute atomic E-state index is 0.117. The summed E-state index contributed by atoms with van der Waals surface area (Å²) in [6.45, 7) is -0.216. The number of carbonyl (C=O) groups excluding carboxylic acids is 1. The summed E-state index contributed by atoms with van der Waals surface area (Å²) in [6.07, 6.45) is 0. The fraction of sp³-hybridized carbons (Fsp3) is 0.0476. The van der Waals surface area contributed by atoms with Crippen molar-refractivity contribution in [3.05, 3.63) is 82.9 Å². The highest BCUT2D eigenvalue weighted by Crippen LogP contribution is 2.36. The molecule has 4 rings (SSSR count). The quantitative estimate of drug-likeness (QED) is 0.364. The lowest BCUT2D eigenvalue weighted by Gasteiger charge is -2.10. The first-order valence-corrected chi connectivity index (χ1v) is 9.54. The van der Waals surface area contributed by atoms with Gasteiger partial charge in [-0.05, 0) is 30.3 Å². The summed E-state index contributed by atoms with van der Waals surface area (Å²) in [7, 11) is 0. The Hall–Kier alpha value is -3.78.